The van der Waals surface area contributed by atoms with Gasteiger partial charge >= 0.3 is 5.97 Å². The van der Waals surface area contributed by atoms with Gasteiger partial charge in [0.05, 0.1) is 12.2 Å². The Morgan fingerprint density at radius 3 is 2.86 bits per heavy atom. The number of ketones is 1. The summed E-state index contributed by atoms with van der Waals surface area (Å²) in [7, 11) is 0. The van der Waals surface area contributed by atoms with E-state index in [0.29, 0.717) is 15.4 Å². The van der Waals surface area contributed by atoms with Gasteiger partial charge in [0.15, 0.2) is 10.7 Å². The van der Waals surface area contributed by atoms with E-state index in [0.717, 1.165) is 10.9 Å². The summed E-state index contributed by atoms with van der Waals surface area (Å²) in [5.41, 5.74) is 1.67. The molecule has 0 aliphatic rings. The summed E-state index contributed by atoms with van der Waals surface area (Å²) in [5.74, 6) is -0.685. The Balaban J connectivity index is 1.99. The number of nitrogens with zero attached hydrogens (tertiary/aromatic N) is 1. The first-order valence-electron chi connectivity index (χ1n) is 6.87. The van der Waals surface area contributed by atoms with E-state index in [9.17, 15) is 9.59 Å². The van der Waals surface area contributed by atoms with Crippen LogP contribution in [-0.4, -0.2) is 28.3 Å². The third-order valence-corrected chi connectivity index (χ3v) is 4.26. The summed E-state index contributed by atoms with van der Waals surface area (Å²) >= 11 is 1.21. The van der Waals surface area contributed by atoms with Gasteiger partial charge in [0, 0.05) is 22.0 Å². The molecule has 0 fully saturated rings. The molecule has 0 bridgehead atoms. The SMILES string of the molecule is CCOC(=O)c1nc(C(=O)c2c[nH]c3ccccc23)sc1C. The van der Waals surface area contributed by atoms with Crippen LogP contribution >= 0.6 is 11.3 Å². The number of aromatic amines is 1. The molecule has 112 valence electrons. The highest BCUT2D eigenvalue weighted by atomic mass is 32.1. The number of para-hydroxylation sites is 1. The average molecular weight is 314 g/mol. The fourth-order valence-corrected chi connectivity index (χ4v) is 3.11. The zero-order chi connectivity index (χ0) is 15.7. The molecule has 0 radical (unpaired) electrons. The fraction of sp³-hybridized carbons (Fsp3) is 0.188. The number of H-pyrrole nitrogens is 1. The number of benzene rings is 1. The average Bonchev–Trinajstić information content (AvgIpc) is 3.10. The summed E-state index contributed by atoms with van der Waals surface area (Å²) in [5, 5.41) is 1.14. The molecule has 0 amide bonds. The molecule has 1 N–H and O–H groups in total. The predicted octanol–water partition coefficient (Wildman–Crippen LogP) is 3.34. The molecule has 1 aromatic carbocycles. The Morgan fingerprint density at radius 2 is 2.09 bits per heavy atom. The van der Waals surface area contributed by atoms with Crippen molar-refractivity contribution in [2.24, 2.45) is 0 Å². The zero-order valence-corrected chi connectivity index (χ0v) is 13.0. The molecule has 3 aromatic rings. The van der Waals surface area contributed by atoms with Crippen LogP contribution in [0.4, 0.5) is 0 Å². The Morgan fingerprint density at radius 1 is 1.32 bits per heavy atom. The largest absolute Gasteiger partial charge is 0.461 e. The molecule has 6 heteroatoms. The first kappa shape index (κ1) is 14.5. The zero-order valence-electron chi connectivity index (χ0n) is 12.2. The van der Waals surface area contributed by atoms with Gasteiger partial charge in [-0.15, -0.1) is 11.3 Å². The van der Waals surface area contributed by atoms with Crippen molar-refractivity contribution in [2.75, 3.05) is 6.61 Å². The summed E-state index contributed by atoms with van der Waals surface area (Å²) in [6, 6.07) is 7.57. The van der Waals surface area contributed by atoms with E-state index >= 15 is 0 Å². The highest BCUT2D eigenvalue weighted by Crippen LogP contribution is 2.25. The van der Waals surface area contributed by atoms with Gasteiger partial charge in [-0.25, -0.2) is 9.78 Å². The minimum Gasteiger partial charge on any atom is -0.461 e. The first-order valence-corrected chi connectivity index (χ1v) is 7.68. The number of esters is 1. The molecule has 0 spiro atoms. The topological polar surface area (TPSA) is 72.0 Å². The van der Waals surface area contributed by atoms with E-state index in [4.69, 9.17) is 4.74 Å². The maximum absolute atomic E-state index is 12.6. The third-order valence-electron chi connectivity index (χ3n) is 3.29. The quantitative estimate of drug-likeness (QED) is 0.592. The van der Waals surface area contributed by atoms with Gasteiger partial charge in [-0.2, -0.15) is 0 Å². The van der Waals surface area contributed by atoms with Crippen LogP contribution in [0.15, 0.2) is 30.5 Å². The summed E-state index contributed by atoms with van der Waals surface area (Å²) < 4.78 is 4.95. The van der Waals surface area contributed by atoms with Gasteiger partial charge in [-0.1, -0.05) is 18.2 Å². The van der Waals surface area contributed by atoms with Crippen molar-refractivity contribution >= 4 is 34.0 Å². The second-order valence-corrected chi connectivity index (χ2v) is 5.92. The molecule has 0 unspecified atom stereocenters. The maximum atomic E-state index is 12.6. The van der Waals surface area contributed by atoms with Crippen molar-refractivity contribution in [3.05, 3.63) is 51.6 Å². The number of rotatable bonds is 4. The Kier molecular flexibility index (Phi) is 3.77. The smallest absolute Gasteiger partial charge is 0.358 e. The van der Waals surface area contributed by atoms with Crippen molar-refractivity contribution in [1.82, 2.24) is 9.97 Å². The number of hydrogen-bond donors (Lipinski definition) is 1. The van der Waals surface area contributed by atoms with Crippen molar-refractivity contribution < 1.29 is 14.3 Å². The molecule has 0 atom stereocenters. The van der Waals surface area contributed by atoms with Crippen LogP contribution in [0.2, 0.25) is 0 Å². The summed E-state index contributed by atoms with van der Waals surface area (Å²) in [4.78, 5) is 32.4. The molecule has 2 heterocycles. The number of aromatic nitrogens is 2. The first-order chi connectivity index (χ1) is 10.6. The Hall–Kier alpha value is -2.47. The second kappa shape index (κ2) is 5.73. The number of carbonyl (C=O) groups is 2. The van der Waals surface area contributed by atoms with E-state index in [-0.39, 0.29) is 18.1 Å². The minimum atomic E-state index is -0.491. The van der Waals surface area contributed by atoms with Crippen LogP contribution in [0.5, 0.6) is 0 Å². The Labute approximate surface area is 131 Å². The molecule has 3 rings (SSSR count). The van der Waals surface area contributed by atoms with Crippen molar-refractivity contribution in [2.45, 2.75) is 13.8 Å². The maximum Gasteiger partial charge on any atom is 0.358 e. The molecular weight excluding hydrogens is 300 g/mol. The molecule has 22 heavy (non-hydrogen) atoms. The number of aryl methyl sites for hydroxylation is 1. The normalized spacial score (nSPS) is 10.8. The van der Waals surface area contributed by atoms with E-state index in [2.05, 4.69) is 9.97 Å². The van der Waals surface area contributed by atoms with Crippen LogP contribution in [-0.2, 0) is 4.74 Å². The van der Waals surface area contributed by atoms with Crippen LogP contribution in [0.1, 0.15) is 37.7 Å². The highest BCUT2D eigenvalue weighted by Gasteiger charge is 2.22. The standard InChI is InChI=1S/C16H14N2O3S/c1-3-21-16(20)13-9(2)22-15(18-13)14(19)11-8-17-12-7-5-4-6-10(11)12/h4-8,17H,3H2,1-2H3. The third kappa shape index (κ3) is 2.42. The lowest BCUT2D eigenvalue weighted by atomic mass is 10.1. The van der Waals surface area contributed by atoms with Gasteiger partial charge in [-0.3, -0.25) is 4.79 Å². The van der Waals surface area contributed by atoms with E-state index in [1.54, 1.807) is 20.0 Å². The number of ether oxygens (including phenoxy) is 1. The number of thiazole rings is 1. The van der Waals surface area contributed by atoms with Gasteiger partial charge in [0.2, 0.25) is 5.78 Å². The number of carbonyl (C=O) groups excluding carboxylic acids is 2. The van der Waals surface area contributed by atoms with Crippen molar-refractivity contribution in [3.63, 3.8) is 0 Å². The number of hydrogen-bond acceptors (Lipinski definition) is 5. The summed E-state index contributed by atoms with van der Waals surface area (Å²) in [6.45, 7) is 3.77. The predicted molar refractivity (Wildman–Crippen MR) is 84.5 cm³/mol. The van der Waals surface area contributed by atoms with Gasteiger partial charge in [0.25, 0.3) is 0 Å². The van der Waals surface area contributed by atoms with Crippen LogP contribution in [0, 0.1) is 6.92 Å². The van der Waals surface area contributed by atoms with Crippen LogP contribution in [0.25, 0.3) is 10.9 Å². The summed E-state index contributed by atoms with van der Waals surface area (Å²) in [6.07, 6.45) is 1.67. The van der Waals surface area contributed by atoms with Gasteiger partial charge in [-0.05, 0) is 19.9 Å². The van der Waals surface area contributed by atoms with Crippen LogP contribution in [0.3, 0.4) is 0 Å². The lowest BCUT2D eigenvalue weighted by molar-refractivity contribution is 0.0519. The Bertz CT molecular complexity index is 863. The number of fused-ring (bicyclic) bond motifs is 1. The molecule has 0 saturated heterocycles. The number of nitrogens with one attached hydrogen (secondary N) is 1. The van der Waals surface area contributed by atoms with Gasteiger partial charge < -0.3 is 9.72 Å². The van der Waals surface area contributed by atoms with Gasteiger partial charge in [0.1, 0.15) is 0 Å². The fourth-order valence-electron chi connectivity index (χ4n) is 2.26. The highest BCUT2D eigenvalue weighted by molar-refractivity contribution is 7.14. The van der Waals surface area contributed by atoms with Crippen molar-refractivity contribution in [3.8, 4) is 0 Å². The molecule has 5 nitrogen and oxygen atoms in total. The molecular formula is C16H14N2O3S. The second-order valence-electron chi connectivity index (χ2n) is 4.72. The molecule has 0 aliphatic heterocycles. The monoisotopic (exact) mass is 314 g/mol. The van der Waals surface area contributed by atoms with Crippen molar-refractivity contribution in [1.29, 1.82) is 0 Å². The van der Waals surface area contributed by atoms with E-state index in [1.165, 1.54) is 11.3 Å². The molecule has 0 aliphatic carbocycles. The minimum absolute atomic E-state index is 0.193. The van der Waals surface area contributed by atoms with Crippen LogP contribution < -0.4 is 0 Å². The van der Waals surface area contributed by atoms with E-state index in [1.807, 2.05) is 24.3 Å². The molecule has 2 aromatic heterocycles. The lowest BCUT2D eigenvalue weighted by Crippen LogP contribution is -2.07. The molecule has 0 saturated carbocycles. The van der Waals surface area contributed by atoms with E-state index < -0.39 is 5.97 Å². The lowest BCUT2D eigenvalue weighted by Gasteiger charge is -1.98.